The van der Waals surface area contributed by atoms with Crippen molar-refractivity contribution < 1.29 is 8.42 Å². The Morgan fingerprint density at radius 3 is 2.45 bits per heavy atom. The standard InChI is InChI=1S/C16H15N3O2S/c1-3-11-19-15(12-17)9-10-16(19)13-5-7-14(8-6-13)18-22(20,21)4-2/h1,5-10,18H,4,11H2,2H3. The van der Waals surface area contributed by atoms with Crippen LogP contribution in [0.4, 0.5) is 5.69 Å². The minimum Gasteiger partial charge on any atom is -0.321 e. The average molecular weight is 313 g/mol. The number of aromatic nitrogens is 1. The van der Waals surface area contributed by atoms with Gasteiger partial charge in [0.2, 0.25) is 10.0 Å². The molecule has 1 aromatic heterocycles. The Morgan fingerprint density at radius 1 is 1.23 bits per heavy atom. The number of nitrogens with one attached hydrogen (secondary N) is 1. The first-order valence-electron chi connectivity index (χ1n) is 6.64. The molecule has 2 aromatic rings. The summed E-state index contributed by atoms with van der Waals surface area (Å²) in [6, 6.07) is 12.6. The fourth-order valence-corrected chi connectivity index (χ4v) is 2.68. The Labute approximate surface area is 130 Å². The molecule has 0 bridgehead atoms. The van der Waals surface area contributed by atoms with Gasteiger partial charge in [0.05, 0.1) is 12.3 Å². The molecule has 1 aromatic carbocycles. The highest BCUT2D eigenvalue weighted by Crippen LogP contribution is 2.24. The second kappa shape index (κ2) is 6.38. The van der Waals surface area contributed by atoms with Crippen LogP contribution in [-0.2, 0) is 16.6 Å². The highest BCUT2D eigenvalue weighted by Gasteiger charge is 2.10. The molecule has 0 unspecified atom stereocenters. The zero-order valence-corrected chi connectivity index (χ0v) is 12.9. The normalized spacial score (nSPS) is 10.7. The topological polar surface area (TPSA) is 74.9 Å². The summed E-state index contributed by atoms with van der Waals surface area (Å²) in [6.45, 7) is 1.88. The number of terminal acetylenes is 1. The van der Waals surface area contributed by atoms with Gasteiger partial charge in [-0.3, -0.25) is 4.72 Å². The molecule has 0 aliphatic carbocycles. The van der Waals surface area contributed by atoms with Crippen molar-refractivity contribution in [1.29, 1.82) is 5.26 Å². The first kappa shape index (κ1) is 15.7. The van der Waals surface area contributed by atoms with Gasteiger partial charge in [0, 0.05) is 11.4 Å². The molecule has 0 saturated heterocycles. The van der Waals surface area contributed by atoms with E-state index in [1.165, 1.54) is 0 Å². The average Bonchev–Trinajstić information content (AvgIpc) is 2.91. The number of hydrogen-bond acceptors (Lipinski definition) is 3. The van der Waals surface area contributed by atoms with Crippen LogP contribution in [0.15, 0.2) is 36.4 Å². The van der Waals surface area contributed by atoms with Crippen LogP contribution >= 0.6 is 0 Å². The van der Waals surface area contributed by atoms with Gasteiger partial charge in [-0.2, -0.15) is 5.26 Å². The van der Waals surface area contributed by atoms with Crippen LogP contribution in [0.3, 0.4) is 0 Å². The third-order valence-electron chi connectivity index (χ3n) is 3.18. The highest BCUT2D eigenvalue weighted by molar-refractivity contribution is 7.92. The highest BCUT2D eigenvalue weighted by atomic mass is 32.2. The summed E-state index contributed by atoms with van der Waals surface area (Å²) in [5.74, 6) is 2.54. The molecule has 6 heteroatoms. The van der Waals surface area contributed by atoms with E-state index in [4.69, 9.17) is 11.7 Å². The van der Waals surface area contributed by atoms with Crippen LogP contribution in [0.5, 0.6) is 0 Å². The maximum Gasteiger partial charge on any atom is 0.232 e. The van der Waals surface area contributed by atoms with Crippen LogP contribution < -0.4 is 4.72 Å². The lowest BCUT2D eigenvalue weighted by Crippen LogP contribution is -2.14. The molecule has 0 spiro atoms. The van der Waals surface area contributed by atoms with Gasteiger partial charge >= 0.3 is 0 Å². The lowest BCUT2D eigenvalue weighted by molar-refractivity contribution is 0.602. The summed E-state index contributed by atoms with van der Waals surface area (Å²) in [5, 5.41) is 9.09. The predicted molar refractivity (Wildman–Crippen MR) is 86.5 cm³/mol. The van der Waals surface area contributed by atoms with E-state index in [2.05, 4.69) is 16.7 Å². The van der Waals surface area contributed by atoms with Gasteiger partial charge in [-0.05, 0) is 36.8 Å². The summed E-state index contributed by atoms with van der Waals surface area (Å²) in [5.41, 5.74) is 2.67. The second-order valence-corrected chi connectivity index (χ2v) is 6.60. The van der Waals surface area contributed by atoms with E-state index >= 15 is 0 Å². The Hall–Kier alpha value is -2.70. The van der Waals surface area contributed by atoms with Gasteiger partial charge in [-0.25, -0.2) is 8.42 Å². The summed E-state index contributed by atoms with van der Waals surface area (Å²) >= 11 is 0. The molecule has 0 saturated carbocycles. The molecular weight excluding hydrogens is 298 g/mol. The molecule has 112 valence electrons. The smallest absolute Gasteiger partial charge is 0.232 e. The number of rotatable bonds is 5. The largest absolute Gasteiger partial charge is 0.321 e. The van der Waals surface area contributed by atoms with Crippen molar-refractivity contribution in [1.82, 2.24) is 4.57 Å². The number of hydrogen-bond donors (Lipinski definition) is 1. The van der Waals surface area contributed by atoms with Crippen molar-refractivity contribution in [3.05, 3.63) is 42.1 Å². The minimum atomic E-state index is -3.29. The molecule has 5 nitrogen and oxygen atoms in total. The van der Waals surface area contributed by atoms with Crippen molar-refractivity contribution in [3.63, 3.8) is 0 Å². The summed E-state index contributed by atoms with van der Waals surface area (Å²) in [6.07, 6.45) is 5.34. The first-order valence-corrected chi connectivity index (χ1v) is 8.30. The van der Waals surface area contributed by atoms with Crippen molar-refractivity contribution in [3.8, 4) is 29.7 Å². The van der Waals surface area contributed by atoms with Crippen molar-refractivity contribution in [2.24, 2.45) is 0 Å². The van der Waals surface area contributed by atoms with E-state index < -0.39 is 10.0 Å². The maximum absolute atomic E-state index is 11.5. The van der Waals surface area contributed by atoms with E-state index in [0.717, 1.165) is 11.3 Å². The Balaban J connectivity index is 2.34. The summed E-state index contributed by atoms with van der Waals surface area (Å²) in [4.78, 5) is 0. The van der Waals surface area contributed by atoms with Crippen LogP contribution in [-0.4, -0.2) is 18.7 Å². The van der Waals surface area contributed by atoms with Gasteiger partial charge in [-0.1, -0.05) is 18.1 Å². The number of anilines is 1. The van der Waals surface area contributed by atoms with Crippen LogP contribution in [0, 0.1) is 23.7 Å². The lowest BCUT2D eigenvalue weighted by atomic mass is 10.1. The molecule has 0 fully saturated rings. The van der Waals surface area contributed by atoms with Crippen LogP contribution in [0.2, 0.25) is 0 Å². The van der Waals surface area contributed by atoms with Crippen molar-refractivity contribution in [2.75, 3.05) is 10.5 Å². The zero-order valence-electron chi connectivity index (χ0n) is 12.1. The van der Waals surface area contributed by atoms with Gasteiger partial charge < -0.3 is 4.57 Å². The fourth-order valence-electron chi connectivity index (χ4n) is 2.04. The zero-order chi connectivity index (χ0) is 16.2. The van der Waals surface area contributed by atoms with E-state index in [1.54, 1.807) is 41.8 Å². The van der Waals surface area contributed by atoms with E-state index in [0.29, 0.717) is 17.9 Å². The SMILES string of the molecule is C#CCn1c(C#N)ccc1-c1ccc(NS(=O)(=O)CC)cc1. The van der Waals surface area contributed by atoms with Gasteiger partial charge in [0.25, 0.3) is 0 Å². The first-order chi connectivity index (χ1) is 10.5. The molecule has 2 rings (SSSR count). The van der Waals surface area contributed by atoms with Gasteiger partial charge in [-0.15, -0.1) is 6.42 Å². The van der Waals surface area contributed by atoms with Gasteiger partial charge in [0.15, 0.2) is 0 Å². The van der Waals surface area contributed by atoms with Crippen molar-refractivity contribution >= 4 is 15.7 Å². The Bertz CT molecular complexity index is 850. The fraction of sp³-hybridized carbons (Fsp3) is 0.188. The van der Waals surface area contributed by atoms with E-state index in [-0.39, 0.29) is 5.75 Å². The third-order valence-corrected chi connectivity index (χ3v) is 4.49. The minimum absolute atomic E-state index is 0.0191. The molecule has 1 heterocycles. The third kappa shape index (κ3) is 3.30. The predicted octanol–water partition coefficient (Wildman–Crippen LogP) is 2.42. The molecule has 0 atom stereocenters. The number of nitriles is 1. The molecular formula is C16H15N3O2S. The van der Waals surface area contributed by atoms with Crippen LogP contribution in [0.25, 0.3) is 11.3 Å². The van der Waals surface area contributed by atoms with Crippen molar-refractivity contribution in [2.45, 2.75) is 13.5 Å². The molecule has 0 radical (unpaired) electrons. The Kier molecular flexibility index (Phi) is 4.55. The quantitative estimate of drug-likeness (QED) is 0.861. The number of sulfonamides is 1. The molecule has 0 amide bonds. The molecule has 22 heavy (non-hydrogen) atoms. The second-order valence-electron chi connectivity index (χ2n) is 4.59. The van der Waals surface area contributed by atoms with Gasteiger partial charge in [0.1, 0.15) is 11.8 Å². The molecule has 0 aliphatic heterocycles. The molecule has 1 N–H and O–H groups in total. The number of nitrogens with zero attached hydrogens (tertiary/aromatic N) is 2. The lowest BCUT2D eigenvalue weighted by Gasteiger charge is -2.09. The summed E-state index contributed by atoms with van der Waals surface area (Å²) in [7, 11) is -3.29. The van der Waals surface area contributed by atoms with E-state index in [1.807, 2.05) is 6.07 Å². The Morgan fingerprint density at radius 2 is 1.91 bits per heavy atom. The summed E-state index contributed by atoms with van der Waals surface area (Å²) < 4.78 is 27.3. The van der Waals surface area contributed by atoms with Crippen LogP contribution in [0.1, 0.15) is 12.6 Å². The van der Waals surface area contributed by atoms with E-state index in [9.17, 15) is 8.42 Å². The number of benzene rings is 1. The maximum atomic E-state index is 11.5. The monoisotopic (exact) mass is 313 g/mol. The molecule has 0 aliphatic rings.